The van der Waals surface area contributed by atoms with E-state index >= 15 is 0 Å². The Balaban J connectivity index is 3.75. The van der Waals surface area contributed by atoms with Gasteiger partial charge in [0.2, 0.25) is 0 Å². The van der Waals surface area contributed by atoms with Crippen molar-refractivity contribution in [2.75, 3.05) is 6.16 Å². The molecule has 0 fully saturated rings. The summed E-state index contributed by atoms with van der Waals surface area (Å²) in [6, 6.07) is 0. The van der Waals surface area contributed by atoms with Crippen LogP contribution >= 0.6 is 18.3 Å². The fourth-order valence-electron chi connectivity index (χ4n) is 0.255. The van der Waals surface area contributed by atoms with Crippen molar-refractivity contribution in [2.45, 2.75) is 6.18 Å². The van der Waals surface area contributed by atoms with Crippen LogP contribution in [0.25, 0.3) is 0 Å². The Morgan fingerprint density at radius 2 is 1.67 bits per heavy atom. The number of alkyl halides is 3. The van der Waals surface area contributed by atoms with Crippen LogP contribution in [-0.2, 0) is 0 Å². The van der Waals surface area contributed by atoms with E-state index in [1.165, 1.54) is 0 Å². The zero-order valence-electron chi connectivity index (χ0n) is 4.11. The Morgan fingerprint density at radius 1 is 1.33 bits per heavy atom. The Hall–Kier alpha value is 0.430. The van der Waals surface area contributed by atoms with Gasteiger partial charge in [0.25, 0.3) is 0 Å². The van der Waals surface area contributed by atoms with Crippen molar-refractivity contribution in [1.29, 1.82) is 0 Å². The van der Waals surface area contributed by atoms with Crippen molar-refractivity contribution in [3.63, 3.8) is 0 Å². The van der Waals surface area contributed by atoms with Crippen molar-refractivity contribution in [1.82, 2.24) is 0 Å². The molecule has 0 heterocycles. The first kappa shape index (κ1) is 9.43. The Kier molecular flexibility index (Phi) is 2.70. The van der Waals surface area contributed by atoms with Crippen LogP contribution in [0.1, 0.15) is 0 Å². The van der Waals surface area contributed by atoms with Gasteiger partial charge < -0.3 is 0 Å². The fourth-order valence-corrected chi connectivity index (χ4v) is 1.22. The summed E-state index contributed by atoms with van der Waals surface area (Å²) in [5, 5.41) is 0. The predicted octanol–water partition coefficient (Wildman–Crippen LogP) is 1.27. The molecule has 0 rings (SSSR count). The third-order valence-corrected chi connectivity index (χ3v) is 1.68. The third-order valence-electron chi connectivity index (χ3n) is 0.425. The summed E-state index contributed by atoms with van der Waals surface area (Å²) in [7, 11) is -4.45. The average Bonchev–Trinajstić information content (AvgIpc) is 1.14. The van der Waals surface area contributed by atoms with E-state index in [1.807, 2.05) is 0 Å². The molecule has 0 unspecified atom stereocenters. The van der Waals surface area contributed by atoms with Crippen molar-refractivity contribution in [2.24, 2.45) is 0 Å². The third kappa shape index (κ3) is 8.43. The van der Waals surface area contributed by atoms with Gasteiger partial charge in [-0.15, -0.1) is 0 Å². The molecule has 0 aromatic rings. The number of hydrogen-bond donors (Lipinski definition) is 2. The molecular weight excluding hydrogens is 179 g/mol. The van der Waals surface area contributed by atoms with E-state index in [1.54, 1.807) is 0 Å². The molecule has 7 heteroatoms. The minimum atomic E-state index is -4.59. The van der Waals surface area contributed by atoms with Gasteiger partial charge in [-0.25, -0.2) is 0 Å². The van der Waals surface area contributed by atoms with Crippen LogP contribution in [0.4, 0.5) is 13.2 Å². The second kappa shape index (κ2) is 2.58. The van der Waals surface area contributed by atoms with Gasteiger partial charge in [-0.1, -0.05) is 0 Å². The zero-order chi connectivity index (χ0) is 7.71. The molecule has 0 amide bonds. The Bertz CT molecular complexity index is 85.0. The summed E-state index contributed by atoms with van der Waals surface area (Å²) in [5.41, 5.74) is 0. The first-order valence-electron chi connectivity index (χ1n) is 1.91. The van der Waals surface area contributed by atoms with E-state index < -0.39 is 19.4 Å². The Morgan fingerprint density at radius 3 is 1.67 bits per heavy atom. The summed E-state index contributed by atoms with van der Waals surface area (Å²) in [5.74, 6) is 0. The van der Waals surface area contributed by atoms with E-state index in [9.17, 15) is 13.2 Å². The molecule has 0 aliphatic heterocycles. The van der Waals surface area contributed by atoms with E-state index in [-0.39, 0.29) is 0 Å². The molecule has 0 radical (unpaired) electrons. The minimum absolute atomic E-state index is 1.69. The number of halogens is 4. The molecule has 0 aromatic heterocycles. The SMILES string of the molecule is O[PH](O)(Cl)CC(F)(F)F. The molecule has 0 atom stereocenters. The second-order valence-electron chi connectivity index (χ2n) is 1.51. The molecule has 0 saturated carbocycles. The van der Waals surface area contributed by atoms with Crippen LogP contribution in [0.3, 0.4) is 0 Å². The normalized spacial score (nSPS) is 15.8. The quantitative estimate of drug-likeness (QED) is 0.603. The molecule has 0 aromatic carbocycles. The van der Waals surface area contributed by atoms with Gasteiger partial charge in [-0.3, -0.25) is 0 Å². The van der Waals surface area contributed by atoms with Crippen LogP contribution in [0.5, 0.6) is 0 Å². The maximum atomic E-state index is 11.2. The van der Waals surface area contributed by atoms with E-state index in [4.69, 9.17) is 9.79 Å². The van der Waals surface area contributed by atoms with Gasteiger partial charge in [-0.2, -0.15) is 0 Å². The van der Waals surface area contributed by atoms with Crippen LogP contribution in [0.15, 0.2) is 0 Å². The van der Waals surface area contributed by atoms with Gasteiger partial charge in [-0.05, 0) is 0 Å². The van der Waals surface area contributed by atoms with Gasteiger partial charge in [0.1, 0.15) is 0 Å². The zero-order valence-corrected chi connectivity index (χ0v) is 5.87. The summed E-state index contributed by atoms with van der Waals surface area (Å²) in [4.78, 5) is 16.2. The topological polar surface area (TPSA) is 40.5 Å². The van der Waals surface area contributed by atoms with Crippen molar-refractivity contribution < 1.29 is 23.0 Å². The molecule has 2 nitrogen and oxygen atoms in total. The van der Waals surface area contributed by atoms with E-state index in [2.05, 4.69) is 11.2 Å². The summed E-state index contributed by atoms with van der Waals surface area (Å²) in [6.07, 6.45) is -6.28. The predicted molar refractivity (Wildman–Crippen MR) is 29.5 cm³/mol. The average molecular weight is 184 g/mol. The number of rotatable bonds is 1. The molecule has 0 spiro atoms. The van der Waals surface area contributed by atoms with Gasteiger partial charge in [0, 0.05) is 0 Å². The van der Waals surface area contributed by atoms with Crippen molar-refractivity contribution in [3.05, 3.63) is 0 Å². The summed E-state index contributed by atoms with van der Waals surface area (Å²) in [6.45, 7) is 0. The van der Waals surface area contributed by atoms with Crippen LogP contribution in [-0.4, -0.2) is 22.1 Å². The number of hydrogen-bond acceptors (Lipinski definition) is 2. The molecule has 0 saturated heterocycles. The first-order valence-corrected chi connectivity index (χ1v) is 5.02. The monoisotopic (exact) mass is 184 g/mol. The molecule has 0 bridgehead atoms. The molecule has 9 heavy (non-hydrogen) atoms. The second-order valence-corrected chi connectivity index (χ2v) is 5.12. The first-order chi connectivity index (χ1) is 3.71. The van der Waals surface area contributed by atoms with Crippen molar-refractivity contribution >= 4 is 18.3 Å². The molecule has 2 N–H and O–H groups in total. The van der Waals surface area contributed by atoms with E-state index in [0.29, 0.717) is 0 Å². The molecular formula is C2H5ClF3O2P. The fraction of sp³-hybridized carbons (Fsp3) is 1.00. The summed E-state index contributed by atoms with van der Waals surface area (Å²) >= 11 is 4.55. The van der Waals surface area contributed by atoms with Gasteiger partial charge in [0.05, 0.1) is 0 Å². The van der Waals surface area contributed by atoms with Crippen LogP contribution in [0.2, 0.25) is 0 Å². The molecule has 0 aliphatic rings. The van der Waals surface area contributed by atoms with Crippen molar-refractivity contribution in [3.8, 4) is 0 Å². The van der Waals surface area contributed by atoms with Crippen LogP contribution in [0, 0.1) is 0 Å². The van der Waals surface area contributed by atoms with Gasteiger partial charge in [0.15, 0.2) is 0 Å². The summed E-state index contributed by atoms with van der Waals surface area (Å²) < 4.78 is 33.5. The molecule has 58 valence electrons. The van der Waals surface area contributed by atoms with E-state index in [0.717, 1.165) is 0 Å². The standard InChI is InChI=1S/C2H5ClF3O2P/c3-9(7,8)1-2(4,5)6/h7-9H,1H2. The molecule has 0 aliphatic carbocycles. The Labute approximate surface area is 54.5 Å². The van der Waals surface area contributed by atoms with Gasteiger partial charge >= 0.3 is 53.6 Å². The maximum absolute atomic E-state index is 11.2. The van der Waals surface area contributed by atoms with Crippen LogP contribution < -0.4 is 0 Å².